The lowest BCUT2D eigenvalue weighted by Crippen LogP contribution is -2.62. The van der Waals surface area contributed by atoms with Crippen molar-refractivity contribution >= 4 is 5.78 Å². The monoisotopic (exact) mass is 330 g/mol. The molecule has 0 saturated heterocycles. The van der Waals surface area contributed by atoms with E-state index in [-0.39, 0.29) is 29.8 Å². The van der Waals surface area contributed by atoms with Gasteiger partial charge in [0.15, 0.2) is 0 Å². The van der Waals surface area contributed by atoms with Gasteiger partial charge in [-0.3, -0.25) is 4.79 Å². The first kappa shape index (κ1) is 17.2. The van der Waals surface area contributed by atoms with Gasteiger partial charge < -0.3 is 14.9 Å². The number of fused-ring (bicyclic) bond motifs is 1. The molecule has 0 heterocycles. The van der Waals surface area contributed by atoms with Crippen molar-refractivity contribution in [2.45, 2.75) is 38.9 Å². The van der Waals surface area contributed by atoms with Gasteiger partial charge in [-0.05, 0) is 30.9 Å². The van der Waals surface area contributed by atoms with E-state index in [0.29, 0.717) is 18.0 Å². The number of benzene rings is 1. The standard InChI is InChI=1S/C20H26O4/c1-13-18-16(17(22)10-11-20(18,2)19(13)23)9-8-14(21)12-24-15-6-4-3-5-7-15/h3-9,13-14,16-18,21-22H,10-12H2,1-2H3/b9-8+/t13?,14-,16-,17+,18+,20-/m1/s1. The van der Waals surface area contributed by atoms with Crippen LogP contribution in [-0.4, -0.2) is 34.8 Å². The number of aliphatic hydroxyl groups is 2. The number of rotatable bonds is 5. The quantitative estimate of drug-likeness (QED) is 0.815. The summed E-state index contributed by atoms with van der Waals surface area (Å²) in [7, 11) is 0. The topological polar surface area (TPSA) is 66.8 Å². The van der Waals surface area contributed by atoms with Crippen molar-refractivity contribution in [3.63, 3.8) is 0 Å². The van der Waals surface area contributed by atoms with Crippen LogP contribution in [0.4, 0.5) is 0 Å². The van der Waals surface area contributed by atoms with E-state index in [9.17, 15) is 15.0 Å². The van der Waals surface area contributed by atoms with Crippen LogP contribution in [0, 0.1) is 23.2 Å². The van der Waals surface area contributed by atoms with Gasteiger partial charge in [-0.15, -0.1) is 0 Å². The normalized spacial score (nSPS) is 36.9. The fourth-order valence-electron chi connectivity index (χ4n) is 4.49. The molecule has 130 valence electrons. The number of hydrogen-bond acceptors (Lipinski definition) is 4. The average molecular weight is 330 g/mol. The van der Waals surface area contributed by atoms with Crippen molar-refractivity contribution < 1.29 is 19.7 Å². The van der Waals surface area contributed by atoms with E-state index in [1.54, 1.807) is 6.08 Å². The van der Waals surface area contributed by atoms with Gasteiger partial charge >= 0.3 is 0 Å². The van der Waals surface area contributed by atoms with Gasteiger partial charge in [0, 0.05) is 17.3 Å². The zero-order valence-corrected chi connectivity index (χ0v) is 14.3. The molecule has 2 N–H and O–H groups in total. The van der Waals surface area contributed by atoms with Crippen LogP contribution in [0.2, 0.25) is 0 Å². The lowest BCUT2D eigenvalue weighted by atomic mass is 9.45. The molecule has 1 aromatic rings. The third-order valence-corrected chi connectivity index (χ3v) is 5.79. The Morgan fingerprint density at radius 3 is 2.79 bits per heavy atom. The van der Waals surface area contributed by atoms with Gasteiger partial charge in [0.25, 0.3) is 0 Å². The summed E-state index contributed by atoms with van der Waals surface area (Å²) in [5.41, 5.74) is -0.306. The number of Topliss-reactive ketones (excluding diaryl/α,β-unsaturated/α-hetero) is 1. The molecule has 0 radical (unpaired) electrons. The maximum Gasteiger partial charge on any atom is 0.142 e. The molecule has 2 fully saturated rings. The van der Waals surface area contributed by atoms with Crippen LogP contribution in [0.3, 0.4) is 0 Å². The van der Waals surface area contributed by atoms with E-state index < -0.39 is 12.2 Å². The number of hydrogen-bond donors (Lipinski definition) is 2. The van der Waals surface area contributed by atoms with Crippen molar-refractivity contribution in [2.24, 2.45) is 23.2 Å². The summed E-state index contributed by atoms with van der Waals surface area (Å²) in [5, 5.41) is 20.5. The summed E-state index contributed by atoms with van der Waals surface area (Å²) in [5.74, 6) is 1.09. The highest BCUT2D eigenvalue weighted by molar-refractivity contribution is 5.93. The number of ketones is 1. The Labute approximate surface area is 143 Å². The van der Waals surface area contributed by atoms with E-state index in [1.807, 2.05) is 50.3 Å². The molecule has 2 aliphatic carbocycles. The highest BCUT2D eigenvalue weighted by Crippen LogP contribution is 2.58. The van der Waals surface area contributed by atoms with Crippen molar-refractivity contribution in [1.82, 2.24) is 0 Å². The number of para-hydroxylation sites is 1. The van der Waals surface area contributed by atoms with Crippen LogP contribution >= 0.6 is 0 Å². The Kier molecular flexibility index (Phi) is 4.79. The predicted octanol–water partition coefficient (Wildman–Crippen LogP) is 2.59. The molecule has 0 bridgehead atoms. The minimum absolute atomic E-state index is 0.0164. The predicted molar refractivity (Wildman–Crippen MR) is 91.6 cm³/mol. The van der Waals surface area contributed by atoms with Gasteiger partial charge in [0.1, 0.15) is 24.2 Å². The molecule has 0 amide bonds. The second kappa shape index (κ2) is 6.69. The summed E-state index contributed by atoms with van der Waals surface area (Å²) < 4.78 is 5.54. The zero-order valence-electron chi connectivity index (χ0n) is 14.3. The maximum atomic E-state index is 12.2. The fraction of sp³-hybridized carbons (Fsp3) is 0.550. The van der Waals surface area contributed by atoms with Gasteiger partial charge in [0.2, 0.25) is 0 Å². The maximum absolute atomic E-state index is 12.2. The van der Waals surface area contributed by atoms with Crippen LogP contribution < -0.4 is 4.74 Å². The van der Waals surface area contributed by atoms with E-state index in [1.165, 1.54) is 0 Å². The second-order valence-electron chi connectivity index (χ2n) is 7.36. The van der Waals surface area contributed by atoms with Crippen molar-refractivity contribution in [3.05, 3.63) is 42.5 Å². The number of carbonyl (C=O) groups is 1. The van der Waals surface area contributed by atoms with Crippen LogP contribution in [0.15, 0.2) is 42.5 Å². The smallest absolute Gasteiger partial charge is 0.142 e. The molecular weight excluding hydrogens is 304 g/mol. The molecule has 4 heteroatoms. The summed E-state index contributed by atoms with van der Waals surface area (Å²) >= 11 is 0. The third-order valence-electron chi connectivity index (χ3n) is 5.79. The Morgan fingerprint density at radius 1 is 1.38 bits per heavy atom. The minimum atomic E-state index is -0.739. The first-order chi connectivity index (χ1) is 11.4. The van der Waals surface area contributed by atoms with Crippen molar-refractivity contribution in [1.29, 1.82) is 0 Å². The zero-order chi connectivity index (χ0) is 17.3. The van der Waals surface area contributed by atoms with E-state index in [2.05, 4.69) is 0 Å². The summed E-state index contributed by atoms with van der Waals surface area (Å²) in [6.45, 7) is 4.13. The van der Waals surface area contributed by atoms with Gasteiger partial charge in [0.05, 0.1) is 6.10 Å². The SMILES string of the molecule is CC1C(=O)[C@]2(C)CC[C@H](O)[C@@H](/C=C/[C@@H](O)COc3ccccc3)[C@H]12. The van der Waals surface area contributed by atoms with Crippen molar-refractivity contribution in [2.75, 3.05) is 6.61 Å². The Balaban J connectivity index is 1.61. The molecule has 3 rings (SSSR count). The lowest BCUT2D eigenvalue weighted by Gasteiger charge is -2.57. The first-order valence-electron chi connectivity index (χ1n) is 8.70. The van der Waals surface area contributed by atoms with Crippen LogP contribution in [0.25, 0.3) is 0 Å². The van der Waals surface area contributed by atoms with Gasteiger partial charge in [-0.25, -0.2) is 0 Å². The van der Waals surface area contributed by atoms with E-state index >= 15 is 0 Å². The largest absolute Gasteiger partial charge is 0.491 e. The molecule has 0 spiro atoms. The van der Waals surface area contributed by atoms with Crippen LogP contribution in [0.1, 0.15) is 26.7 Å². The van der Waals surface area contributed by atoms with Crippen molar-refractivity contribution in [3.8, 4) is 5.75 Å². The minimum Gasteiger partial charge on any atom is -0.491 e. The number of ether oxygens (including phenoxy) is 1. The molecule has 6 atom stereocenters. The fourth-order valence-corrected chi connectivity index (χ4v) is 4.49. The highest BCUT2D eigenvalue weighted by atomic mass is 16.5. The second-order valence-corrected chi connectivity index (χ2v) is 7.36. The Bertz CT molecular complexity index is 611. The first-order valence-corrected chi connectivity index (χ1v) is 8.70. The Morgan fingerprint density at radius 2 is 2.08 bits per heavy atom. The molecule has 1 aromatic carbocycles. The van der Waals surface area contributed by atoms with E-state index in [4.69, 9.17) is 4.74 Å². The average Bonchev–Trinajstić information content (AvgIpc) is 2.60. The summed E-state index contributed by atoms with van der Waals surface area (Å²) in [4.78, 5) is 12.2. The van der Waals surface area contributed by atoms with Crippen LogP contribution in [-0.2, 0) is 4.79 Å². The molecule has 2 aliphatic rings. The van der Waals surface area contributed by atoms with E-state index in [0.717, 1.165) is 6.42 Å². The van der Waals surface area contributed by atoms with Gasteiger partial charge in [-0.2, -0.15) is 0 Å². The molecule has 2 saturated carbocycles. The van der Waals surface area contributed by atoms with Crippen LogP contribution in [0.5, 0.6) is 5.75 Å². The third kappa shape index (κ3) is 3.01. The molecule has 1 unspecified atom stereocenters. The highest BCUT2D eigenvalue weighted by Gasteiger charge is 2.61. The molecule has 0 aromatic heterocycles. The summed E-state index contributed by atoms with van der Waals surface area (Å²) in [6.07, 6.45) is 3.78. The Hall–Kier alpha value is -1.65. The summed E-state index contributed by atoms with van der Waals surface area (Å²) in [6, 6.07) is 9.35. The van der Waals surface area contributed by atoms with Gasteiger partial charge in [-0.1, -0.05) is 44.2 Å². The molecule has 24 heavy (non-hydrogen) atoms. The number of carbonyl (C=O) groups excluding carboxylic acids is 1. The lowest BCUT2D eigenvalue weighted by molar-refractivity contribution is -0.170. The molecular formula is C20H26O4. The number of aliphatic hydroxyl groups excluding tert-OH is 2. The molecule has 4 nitrogen and oxygen atoms in total. The molecule has 0 aliphatic heterocycles.